The third-order valence-corrected chi connectivity index (χ3v) is 8.84. The zero-order chi connectivity index (χ0) is 30.3. The van der Waals surface area contributed by atoms with E-state index in [4.69, 9.17) is 5.73 Å². The number of phenols is 1. The quantitative estimate of drug-likeness (QED) is 0.228. The summed E-state index contributed by atoms with van der Waals surface area (Å²) >= 11 is 0. The van der Waals surface area contributed by atoms with Crippen LogP contribution in [0.1, 0.15) is 47.6 Å². The molecule has 41 heavy (non-hydrogen) atoms. The molecule has 3 aliphatic carbocycles. The SMILES string of the molecule is CN(C)[C@@H]1C(=O)C(C(N)=O)=C(O)[C@@]2(O)C(=O)C3=C(O)c4c(O)cc(C5CCC(CF)N5)c(C(F)(F)F)c4C[C@H]3C[C@@H]12. The van der Waals surface area contributed by atoms with Gasteiger partial charge in [0.05, 0.1) is 17.2 Å². The van der Waals surface area contributed by atoms with Crippen molar-refractivity contribution < 1.29 is 52.4 Å². The number of nitrogens with two attached hydrogens (primary N) is 1. The smallest absolute Gasteiger partial charge is 0.417 e. The van der Waals surface area contributed by atoms with E-state index in [2.05, 4.69) is 5.32 Å². The molecule has 5 rings (SSSR count). The number of primary amides is 1. The second-order valence-corrected chi connectivity index (χ2v) is 11.3. The van der Waals surface area contributed by atoms with Gasteiger partial charge in [0.15, 0.2) is 11.4 Å². The fourth-order valence-electron chi connectivity index (χ4n) is 7.14. The first-order chi connectivity index (χ1) is 19.0. The van der Waals surface area contributed by atoms with Crippen LogP contribution in [0, 0.1) is 11.8 Å². The van der Waals surface area contributed by atoms with Gasteiger partial charge in [-0.3, -0.25) is 19.3 Å². The molecule has 222 valence electrons. The number of carbonyl (C=O) groups is 3. The number of ketones is 2. The van der Waals surface area contributed by atoms with Crippen molar-refractivity contribution in [2.75, 3.05) is 20.8 Å². The molecule has 1 aromatic rings. The molecule has 1 aliphatic heterocycles. The number of amides is 1. The second-order valence-electron chi connectivity index (χ2n) is 11.3. The maximum absolute atomic E-state index is 14.6. The molecular weight excluding hydrogens is 554 g/mol. The first-order valence-electron chi connectivity index (χ1n) is 13.0. The van der Waals surface area contributed by atoms with E-state index in [9.17, 15) is 52.4 Å². The monoisotopic (exact) mass is 583 g/mol. The molecule has 2 fully saturated rings. The zero-order valence-corrected chi connectivity index (χ0v) is 22.0. The van der Waals surface area contributed by atoms with Crippen molar-refractivity contribution in [3.05, 3.63) is 45.2 Å². The normalized spacial score (nSPS) is 31.9. The lowest BCUT2D eigenvalue weighted by atomic mass is 9.57. The van der Waals surface area contributed by atoms with Crippen LogP contribution < -0.4 is 11.1 Å². The zero-order valence-electron chi connectivity index (χ0n) is 22.0. The Morgan fingerprint density at radius 1 is 1.20 bits per heavy atom. The summed E-state index contributed by atoms with van der Waals surface area (Å²) in [5, 5.41) is 47.3. The van der Waals surface area contributed by atoms with E-state index in [-0.39, 0.29) is 24.8 Å². The molecule has 0 radical (unpaired) electrons. The summed E-state index contributed by atoms with van der Waals surface area (Å²) in [7, 11) is 2.83. The van der Waals surface area contributed by atoms with Gasteiger partial charge in [-0.2, -0.15) is 13.2 Å². The van der Waals surface area contributed by atoms with Gasteiger partial charge >= 0.3 is 6.18 Å². The van der Waals surface area contributed by atoms with E-state index < -0.39 is 117 Å². The molecule has 0 bridgehead atoms. The number of likely N-dealkylation sites (N-methyl/N-ethyl adjacent to an activating group) is 1. The van der Waals surface area contributed by atoms with E-state index in [1.165, 1.54) is 19.0 Å². The molecule has 7 N–H and O–H groups in total. The van der Waals surface area contributed by atoms with Crippen LogP contribution in [0.15, 0.2) is 23.0 Å². The standard InChI is InChI=1S/C27H29F4N3O7/c1-34(2)20-13-6-9-5-12-17(15(35)7-11(19(12)27(29,30)31)14-4-3-10(8-28)33-14)21(36)16(9)23(38)26(13,41)24(39)18(22(20)37)25(32)40/h7,9-10,13-14,20,33,35-36,39,41H,3-6,8H2,1-2H3,(H2,32,40)/t9-,10?,13-,14?,20-,26-/m0/s1. The summed E-state index contributed by atoms with van der Waals surface area (Å²) in [6, 6.07) is -2.14. The molecule has 6 atom stereocenters. The molecule has 14 heteroatoms. The minimum Gasteiger partial charge on any atom is -0.508 e. The number of hydrogen-bond acceptors (Lipinski definition) is 9. The lowest BCUT2D eigenvalue weighted by Crippen LogP contribution is -2.65. The Hall–Kier alpha value is -3.49. The largest absolute Gasteiger partial charge is 0.508 e. The summed E-state index contributed by atoms with van der Waals surface area (Å²) in [5.74, 6) is -9.35. The maximum Gasteiger partial charge on any atom is 0.417 e. The fourth-order valence-corrected chi connectivity index (χ4v) is 7.14. The third kappa shape index (κ3) is 4.06. The highest BCUT2D eigenvalue weighted by atomic mass is 19.4. The van der Waals surface area contributed by atoms with Crippen LogP contribution in [-0.2, 0) is 27.0 Å². The van der Waals surface area contributed by atoms with Crippen molar-refractivity contribution in [1.29, 1.82) is 0 Å². The molecule has 0 aromatic heterocycles. The van der Waals surface area contributed by atoms with Crippen LogP contribution in [0.4, 0.5) is 17.6 Å². The molecule has 1 saturated carbocycles. The van der Waals surface area contributed by atoms with Gasteiger partial charge in [-0.25, -0.2) is 4.39 Å². The molecule has 1 aromatic carbocycles. The van der Waals surface area contributed by atoms with Gasteiger partial charge in [-0.05, 0) is 62.9 Å². The average Bonchev–Trinajstić information content (AvgIpc) is 3.34. The second kappa shape index (κ2) is 9.53. The molecule has 0 spiro atoms. The van der Waals surface area contributed by atoms with Crippen LogP contribution in [0.3, 0.4) is 0 Å². The number of aliphatic hydroxyl groups is 3. The van der Waals surface area contributed by atoms with Gasteiger partial charge in [0.2, 0.25) is 5.78 Å². The number of hydrogen-bond donors (Lipinski definition) is 6. The molecule has 10 nitrogen and oxygen atoms in total. The molecule has 1 saturated heterocycles. The summed E-state index contributed by atoms with van der Waals surface area (Å²) in [6.07, 6.45) is -5.39. The van der Waals surface area contributed by atoms with E-state index in [1.54, 1.807) is 0 Å². The molecule has 2 unspecified atom stereocenters. The Morgan fingerprint density at radius 2 is 1.85 bits per heavy atom. The number of halogens is 4. The number of phenolic OH excluding ortho intramolecular Hbond substituents is 1. The lowest BCUT2D eigenvalue weighted by molar-refractivity contribution is -0.153. The summed E-state index contributed by atoms with van der Waals surface area (Å²) < 4.78 is 57.1. The Balaban J connectivity index is 1.73. The van der Waals surface area contributed by atoms with Crippen LogP contribution >= 0.6 is 0 Å². The first kappa shape index (κ1) is 29.0. The number of aromatic hydroxyl groups is 1. The number of nitrogens with zero attached hydrogens (tertiary/aromatic N) is 1. The maximum atomic E-state index is 14.6. The Kier molecular flexibility index (Phi) is 6.74. The fraction of sp³-hybridized carbons (Fsp3) is 0.519. The number of aliphatic hydroxyl groups excluding tert-OH is 2. The van der Waals surface area contributed by atoms with E-state index in [0.29, 0.717) is 0 Å². The average molecular weight is 584 g/mol. The number of benzene rings is 1. The van der Waals surface area contributed by atoms with E-state index >= 15 is 0 Å². The summed E-state index contributed by atoms with van der Waals surface area (Å²) in [5.41, 5.74) is -1.77. The minimum absolute atomic E-state index is 0.167. The van der Waals surface area contributed by atoms with Gasteiger partial charge in [-0.1, -0.05) is 0 Å². The highest BCUT2D eigenvalue weighted by Crippen LogP contribution is 2.55. The highest BCUT2D eigenvalue weighted by Gasteiger charge is 2.64. The summed E-state index contributed by atoms with van der Waals surface area (Å²) in [6.45, 7) is -0.791. The van der Waals surface area contributed by atoms with Gasteiger partial charge in [-0.15, -0.1) is 0 Å². The van der Waals surface area contributed by atoms with Crippen LogP contribution in [0.2, 0.25) is 0 Å². The summed E-state index contributed by atoms with van der Waals surface area (Å²) in [4.78, 5) is 40.3. The number of Topliss-reactive ketones (excluding diaryl/α,β-unsaturated/α-hetero) is 2. The van der Waals surface area contributed by atoms with Crippen molar-refractivity contribution in [1.82, 2.24) is 10.2 Å². The van der Waals surface area contributed by atoms with E-state index in [1.807, 2.05) is 0 Å². The number of carbonyl (C=O) groups excluding carboxylic acids is 3. The van der Waals surface area contributed by atoms with Crippen molar-refractivity contribution in [3.8, 4) is 5.75 Å². The number of fused-ring (bicyclic) bond motifs is 3. The Bertz CT molecular complexity index is 1440. The molecule has 1 heterocycles. The van der Waals surface area contributed by atoms with Crippen molar-refractivity contribution in [2.24, 2.45) is 17.6 Å². The first-order valence-corrected chi connectivity index (χ1v) is 13.0. The Morgan fingerprint density at radius 3 is 2.39 bits per heavy atom. The predicted molar refractivity (Wildman–Crippen MR) is 134 cm³/mol. The topological polar surface area (TPSA) is 173 Å². The van der Waals surface area contributed by atoms with Crippen molar-refractivity contribution in [3.63, 3.8) is 0 Å². The van der Waals surface area contributed by atoms with Gasteiger partial charge in [0.25, 0.3) is 5.91 Å². The highest BCUT2D eigenvalue weighted by molar-refractivity contribution is 6.24. The third-order valence-electron chi connectivity index (χ3n) is 8.84. The number of nitrogens with one attached hydrogen (secondary N) is 1. The lowest BCUT2D eigenvalue weighted by Gasteiger charge is -2.50. The van der Waals surface area contributed by atoms with Gasteiger partial charge in [0, 0.05) is 23.6 Å². The van der Waals surface area contributed by atoms with Crippen LogP contribution in [-0.4, -0.2) is 81.3 Å². The Labute approximate surface area is 231 Å². The minimum atomic E-state index is -4.97. The number of rotatable bonds is 4. The van der Waals surface area contributed by atoms with Gasteiger partial charge < -0.3 is 31.5 Å². The van der Waals surface area contributed by atoms with Crippen LogP contribution in [0.5, 0.6) is 5.75 Å². The van der Waals surface area contributed by atoms with Crippen LogP contribution in [0.25, 0.3) is 5.76 Å². The van der Waals surface area contributed by atoms with E-state index in [0.717, 1.165) is 6.07 Å². The number of alkyl halides is 4. The van der Waals surface area contributed by atoms with Crippen molar-refractivity contribution in [2.45, 2.75) is 55.6 Å². The molecule has 1 amide bonds. The predicted octanol–water partition coefficient (Wildman–Crippen LogP) is 1.75. The van der Waals surface area contributed by atoms with Gasteiger partial charge in [0.1, 0.15) is 29.5 Å². The van der Waals surface area contributed by atoms with Crippen molar-refractivity contribution >= 4 is 23.2 Å². The molecular formula is C27H29F4N3O7. The molecule has 4 aliphatic rings.